The van der Waals surface area contributed by atoms with E-state index in [9.17, 15) is 4.39 Å². The lowest BCUT2D eigenvalue weighted by molar-refractivity contribution is 0.171. The smallest absolute Gasteiger partial charge is 0.206 e. The SMILES string of the molecule is CCN=c1scc(-c2ccccc2F)n1/N=C/c1ccc2c(c1)OCCO2. The van der Waals surface area contributed by atoms with Gasteiger partial charge in [0.25, 0.3) is 0 Å². The predicted molar refractivity (Wildman–Crippen MR) is 104 cm³/mol. The summed E-state index contributed by atoms with van der Waals surface area (Å²) in [6.45, 7) is 3.66. The first-order valence-corrected chi connectivity index (χ1v) is 9.54. The van der Waals surface area contributed by atoms with E-state index in [0.29, 0.717) is 41.6 Å². The molecule has 1 aliphatic heterocycles. The lowest BCUT2D eigenvalue weighted by Crippen LogP contribution is -2.15. The van der Waals surface area contributed by atoms with Crippen molar-refractivity contribution >= 4 is 17.6 Å². The topological polar surface area (TPSA) is 48.1 Å². The molecule has 0 atom stereocenters. The second kappa shape index (κ2) is 7.75. The highest BCUT2D eigenvalue weighted by Gasteiger charge is 2.13. The van der Waals surface area contributed by atoms with Gasteiger partial charge < -0.3 is 9.47 Å². The van der Waals surface area contributed by atoms with E-state index in [-0.39, 0.29) is 5.82 Å². The zero-order valence-corrected chi connectivity index (χ0v) is 15.6. The fraction of sp³-hybridized carbons (Fsp3) is 0.200. The summed E-state index contributed by atoms with van der Waals surface area (Å²) in [5.74, 6) is 1.14. The zero-order valence-electron chi connectivity index (χ0n) is 14.8. The van der Waals surface area contributed by atoms with Gasteiger partial charge in [-0.1, -0.05) is 12.1 Å². The maximum atomic E-state index is 14.3. The predicted octanol–water partition coefficient (Wildman–Crippen LogP) is 3.93. The van der Waals surface area contributed by atoms with Crippen LogP contribution in [-0.4, -0.2) is 30.6 Å². The van der Waals surface area contributed by atoms with Crippen LogP contribution in [0.15, 0.2) is 57.9 Å². The average molecular weight is 383 g/mol. The van der Waals surface area contributed by atoms with E-state index in [1.807, 2.05) is 36.6 Å². The fourth-order valence-electron chi connectivity index (χ4n) is 2.77. The number of fused-ring (bicyclic) bond motifs is 1. The number of thiazole rings is 1. The van der Waals surface area contributed by atoms with E-state index in [0.717, 1.165) is 11.3 Å². The first-order chi connectivity index (χ1) is 13.3. The van der Waals surface area contributed by atoms with Crippen LogP contribution in [0.4, 0.5) is 4.39 Å². The maximum absolute atomic E-state index is 14.3. The van der Waals surface area contributed by atoms with E-state index >= 15 is 0 Å². The minimum absolute atomic E-state index is 0.290. The number of nitrogens with zero attached hydrogens (tertiary/aromatic N) is 3. The van der Waals surface area contributed by atoms with Crippen molar-refractivity contribution in [2.75, 3.05) is 19.8 Å². The molecule has 138 valence electrons. The van der Waals surface area contributed by atoms with Gasteiger partial charge in [-0.3, -0.25) is 4.99 Å². The molecule has 0 aliphatic carbocycles. The van der Waals surface area contributed by atoms with Gasteiger partial charge in [0.1, 0.15) is 19.0 Å². The Morgan fingerprint density at radius 1 is 1.15 bits per heavy atom. The Hall–Kier alpha value is -2.93. The van der Waals surface area contributed by atoms with Crippen molar-refractivity contribution in [1.82, 2.24) is 4.68 Å². The van der Waals surface area contributed by atoms with Crippen molar-refractivity contribution < 1.29 is 13.9 Å². The van der Waals surface area contributed by atoms with Crippen LogP contribution in [0.2, 0.25) is 0 Å². The van der Waals surface area contributed by atoms with E-state index in [1.54, 1.807) is 23.0 Å². The number of benzene rings is 2. The van der Waals surface area contributed by atoms with E-state index in [4.69, 9.17) is 9.47 Å². The van der Waals surface area contributed by atoms with Crippen molar-refractivity contribution in [3.8, 4) is 22.8 Å². The molecule has 0 amide bonds. The lowest BCUT2D eigenvalue weighted by Gasteiger charge is -2.18. The first kappa shape index (κ1) is 17.5. The third-order valence-electron chi connectivity index (χ3n) is 4.02. The first-order valence-electron chi connectivity index (χ1n) is 8.66. The molecule has 4 rings (SSSR count). The van der Waals surface area contributed by atoms with E-state index in [1.165, 1.54) is 17.4 Å². The molecule has 0 N–H and O–H groups in total. The van der Waals surface area contributed by atoms with Gasteiger partial charge in [0, 0.05) is 17.5 Å². The monoisotopic (exact) mass is 383 g/mol. The zero-order chi connectivity index (χ0) is 18.6. The van der Waals surface area contributed by atoms with Gasteiger partial charge in [-0.25, -0.2) is 9.07 Å². The molecular weight excluding hydrogens is 365 g/mol. The minimum Gasteiger partial charge on any atom is -0.486 e. The van der Waals surface area contributed by atoms with Crippen LogP contribution in [-0.2, 0) is 0 Å². The maximum Gasteiger partial charge on any atom is 0.206 e. The summed E-state index contributed by atoms with van der Waals surface area (Å²) in [5.41, 5.74) is 2.02. The summed E-state index contributed by atoms with van der Waals surface area (Å²) in [6.07, 6.45) is 1.71. The average Bonchev–Trinajstić information content (AvgIpc) is 3.09. The molecule has 1 aliphatic rings. The Bertz CT molecular complexity index is 1060. The van der Waals surface area contributed by atoms with Gasteiger partial charge in [-0.05, 0) is 42.8 Å². The summed E-state index contributed by atoms with van der Waals surface area (Å²) in [6, 6.07) is 12.3. The normalized spacial score (nSPS) is 14.1. The summed E-state index contributed by atoms with van der Waals surface area (Å²) >= 11 is 1.43. The van der Waals surface area contributed by atoms with Crippen molar-refractivity contribution in [3.63, 3.8) is 0 Å². The van der Waals surface area contributed by atoms with Crippen LogP contribution in [0.25, 0.3) is 11.3 Å². The van der Waals surface area contributed by atoms with Gasteiger partial charge in [0.15, 0.2) is 11.5 Å². The van der Waals surface area contributed by atoms with E-state index in [2.05, 4.69) is 10.1 Å². The molecular formula is C20H18FN3O2S. The van der Waals surface area contributed by atoms with Crippen LogP contribution in [0.1, 0.15) is 12.5 Å². The van der Waals surface area contributed by atoms with Crippen molar-refractivity contribution in [1.29, 1.82) is 0 Å². The van der Waals surface area contributed by atoms with E-state index < -0.39 is 0 Å². The Morgan fingerprint density at radius 2 is 1.96 bits per heavy atom. The second-order valence-electron chi connectivity index (χ2n) is 5.82. The Labute approximate surface area is 160 Å². The van der Waals surface area contributed by atoms with Crippen LogP contribution < -0.4 is 14.3 Å². The van der Waals surface area contributed by atoms with Gasteiger partial charge >= 0.3 is 0 Å². The highest BCUT2D eigenvalue weighted by Crippen LogP contribution is 2.30. The summed E-state index contributed by atoms with van der Waals surface area (Å²) in [5, 5.41) is 6.44. The Kier molecular flexibility index (Phi) is 5.02. The molecule has 7 heteroatoms. The quantitative estimate of drug-likeness (QED) is 0.641. The van der Waals surface area contributed by atoms with Crippen molar-refractivity contribution in [3.05, 3.63) is 64.0 Å². The molecule has 0 saturated heterocycles. The molecule has 0 radical (unpaired) electrons. The number of ether oxygens (including phenoxy) is 2. The lowest BCUT2D eigenvalue weighted by atomic mass is 10.1. The standard InChI is InChI=1S/C20H18FN3O2S/c1-2-22-20-24(17(13-27-20)15-5-3-4-6-16(15)21)23-12-14-7-8-18-19(11-14)26-10-9-25-18/h3-8,11-13H,2,9-10H2,1H3/b22-20?,23-12+. The number of hydrogen-bond donors (Lipinski definition) is 0. The molecule has 27 heavy (non-hydrogen) atoms. The van der Waals surface area contributed by atoms with Gasteiger partial charge in [-0.2, -0.15) is 5.10 Å². The highest BCUT2D eigenvalue weighted by molar-refractivity contribution is 7.07. The molecule has 0 spiro atoms. The highest BCUT2D eigenvalue weighted by atomic mass is 32.1. The number of rotatable bonds is 4. The number of halogens is 1. The van der Waals surface area contributed by atoms with Crippen LogP contribution in [0.5, 0.6) is 11.5 Å². The molecule has 2 aromatic carbocycles. The molecule has 3 aromatic rings. The Balaban J connectivity index is 1.75. The van der Waals surface area contributed by atoms with Crippen LogP contribution in [0.3, 0.4) is 0 Å². The summed E-state index contributed by atoms with van der Waals surface area (Å²) in [4.78, 5) is 5.18. The Morgan fingerprint density at radius 3 is 2.78 bits per heavy atom. The molecule has 2 heterocycles. The van der Waals surface area contributed by atoms with Crippen LogP contribution >= 0.6 is 11.3 Å². The molecule has 5 nitrogen and oxygen atoms in total. The van der Waals surface area contributed by atoms with Crippen molar-refractivity contribution in [2.45, 2.75) is 6.92 Å². The van der Waals surface area contributed by atoms with Gasteiger partial charge in [0.05, 0.1) is 11.9 Å². The minimum atomic E-state index is -0.290. The molecule has 0 bridgehead atoms. The summed E-state index contributed by atoms with van der Waals surface area (Å²) in [7, 11) is 0. The molecule has 0 fully saturated rings. The molecule has 0 saturated carbocycles. The second-order valence-corrected chi connectivity index (χ2v) is 6.65. The van der Waals surface area contributed by atoms with Gasteiger partial charge in [-0.15, -0.1) is 11.3 Å². The number of aromatic nitrogens is 1. The third-order valence-corrected chi connectivity index (χ3v) is 4.87. The fourth-order valence-corrected chi connectivity index (χ4v) is 3.67. The largest absolute Gasteiger partial charge is 0.486 e. The summed E-state index contributed by atoms with van der Waals surface area (Å²) < 4.78 is 27.1. The third kappa shape index (κ3) is 3.64. The van der Waals surface area contributed by atoms with Crippen LogP contribution in [0, 0.1) is 5.82 Å². The van der Waals surface area contributed by atoms with Gasteiger partial charge in [0.2, 0.25) is 4.80 Å². The molecule has 0 unspecified atom stereocenters. The van der Waals surface area contributed by atoms with Crippen molar-refractivity contribution in [2.24, 2.45) is 10.1 Å². The molecule has 1 aromatic heterocycles. The number of hydrogen-bond acceptors (Lipinski definition) is 5.